The van der Waals surface area contributed by atoms with Crippen molar-refractivity contribution in [2.45, 2.75) is 58.4 Å². The lowest BCUT2D eigenvalue weighted by Crippen LogP contribution is -2.57. The molecule has 2 fully saturated rings. The summed E-state index contributed by atoms with van der Waals surface area (Å²) >= 11 is 0. The van der Waals surface area contributed by atoms with Crippen LogP contribution < -0.4 is 4.72 Å². The van der Waals surface area contributed by atoms with E-state index in [1.165, 1.54) is 38.4 Å². The van der Waals surface area contributed by atoms with Crippen LogP contribution in [-0.4, -0.2) is 64.3 Å². The number of hydrogen-bond acceptors (Lipinski definition) is 4. The van der Waals surface area contributed by atoms with Crippen LogP contribution in [-0.2, 0) is 20.6 Å². The average Bonchev–Trinajstić information content (AvgIpc) is 2.55. The first kappa shape index (κ1) is 20.4. The highest BCUT2D eigenvalue weighted by molar-refractivity contribution is 7.82. The van der Waals surface area contributed by atoms with E-state index in [1.807, 2.05) is 18.7 Å². The first-order valence-corrected chi connectivity index (χ1v) is 11.1. The number of hydrogen-bond donors (Lipinski definition) is 1. The molecular weight excluding hydrogens is 338 g/mol. The third-order valence-corrected chi connectivity index (χ3v) is 5.82. The number of nitrogens with zero attached hydrogens (tertiary/aromatic N) is 2. The molecule has 1 heterocycles. The standard InChI is InChI=1S/C18H33N3O3S/c1-14(2)18(23)21-10-9-20(12-15-7-5-4-6-8-15)16(13-21)11-17(22)19-25(3)24/h14-16H,4-13H2,1-3H3,(H,19,22). The normalized spacial score (nSPS) is 24.3. The van der Waals surface area contributed by atoms with Crippen LogP contribution in [0, 0.1) is 11.8 Å². The van der Waals surface area contributed by atoms with Crippen molar-refractivity contribution in [3.8, 4) is 0 Å². The Kier molecular flexibility index (Phi) is 7.87. The number of rotatable bonds is 6. The average molecular weight is 372 g/mol. The van der Waals surface area contributed by atoms with Crippen LogP contribution in [0.25, 0.3) is 0 Å². The van der Waals surface area contributed by atoms with Gasteiger partial charge in [-0.1, -0.05) is 33.1 Å². The zero-order chi connectivity index (χ0) is 18.4. The van der Waals surface area contributed by atoms with Gasteiger partial charge in [-0.25, -0.2) is 4.21 Å². The van der Waals surface area contributed by atoms with E-state index in [1.54, 1.807) is 0 Å². The largest absolute Gasteiger partial charge is 0.340 e. The minimum atomic E-state index is -1.34. The zero-order valence-electron chi connectivity index (χ0n) is 15.8. The number of amides is 2. The van der Waals surface area contributed by atoms with Crippen molar-refractivity contribution in [1.82, 2.24) is 14.5 Å². The molecule has 0 aromatic carbocycles. The number of nitrogens with one attached hydrogen (secondary N) is 1. The number of carbonyl (C=O) groups is 2. The van der Waals surface area contributed by atoms with Gasteiger partial charge in [-0.15, -0.1) is 0 Å². The fraction of sp³-hybridized carbons (Fsp3) is 0.889. The monoisotopic (exact) mass is 371 g/mol. The Morgan fingerprint density at radius 2 is 1.84 bits per heavy atom. The highest BCUT2D eigenvalue weighted by Crippen LogP contribution is 2.26. The molecule has 0 radical (unpaired) electrons. The van der Waals surface area contributed by atoms with Gasteiger partial charge in [-0.3, -0.25) is 19.2 Å². The van der Waals surface area contributed by atoms with Gasteiger partial charge in [0.05, 0.1) is 0 Å². The fourth-order valence-corrected chi connectivity index (χ4v) is 4.41. The summed E-state index contributed by atoms with van der Waals surface area (Å²) in [6.45, 7) is 6.99. The fourth-order valence-electron chi connectivity index (χ4n) is 4.01. The van der Waals surface area contributed by atoms with Gasteiger partial charge < -0.3 is 4.90 Å². The Balaban J connectivity index is 2.01. The Morgan fingerprint density at radius 3 is 2.44 bits per heavy atom. The molecule has 144 valence electrons. The molecule has 2 atom stereocenters. The van der Waals surface area contributed by atoms with Gasteiger partial charge in [0.1, 0.15) is 11.0 Å². The first-order chi connectivity index (χ1) is 11.9. The lowest BCUT2D eigenvalue weighted by molar-refractivity contribution is -0.138. The molecular formula is C18H33N3O3S. The molecule has 7 heteroatoms. The second-order valence-electron chi connectivity index (χ2n) is 7.78. The molecule has 0 aromatic rings. The zero-order valence-corrected chi connectivity index (χ0v) is 16.6. The van der Waals surface area contributed by atoms with Crippen molar-refractivity contribution < 1.29 is 13.8 Å². The summed E-state index contributed by atoms with van der Waals surface area (Å²) in [5, 5.41) is 0. The van der Waals surface area contributed by atoms with E-state index in [9.17, 15) is 13.8 Å². The molecule has 25 heavy (non-hydrogen) atoms. The van der Waals surface area contributed by atoms with E-state index in [0.717, 1.165) is 19.6 Å². The lowest BCUT2D eigenvalue weighted by atomic mass is 9.88. The Bertz CT molecular complexity index is 492. The van der Waals surface area contributed by atoms with Crippen molar-refractivity contribution in [3.05, 3.63) is 0 Å². The van der Waals surface area contributed by atoms with E-state index in [0.29, 0.717) is 18.9 Å². The molecule has 0 spiro atoms. The summed E-state index contributed by atoms with van der Waals surface area (Å²) in [7, 11) is -1.34. The van der Waals surface area contributed by atoms with Gasteiger partial charge >= 0.3 is 0 Å². The SMILES string of the molecule is CC(C)C(=O)N1CCN(CC2CCCCC2)C(CC(=O)NS(C)=O)C1. The molecule has 1 aliphatic carbocycles. The summed E-state index contributed by atoms with van der Waals surface area (Å²) in [4.78, 5) is 28.8. The minimum Gasteiger partial charge on any atom is -0.340 e. The Labute approximate surface area is 154 Å². The van der Waals surface area contributed by atoms with E-state index in [2.05, 4.69) is 9.62 Å². The van der Waals surface area contributed by atoms with Gasteiger partial charge in [0, 0.05) is 50.8 Å². The summed E-state index contributed by atoms with van der Waals surface area (Å²) in [6, 6.07) is 0.0157. The van der Waals surface area contributed by atoms with Crippen molar-refractivity contribution in [2.75, 3.05) is 32.4 Å². The van der Waals surface area contributed by atoms with Gasteiger partial charge in [0.25, 0.3) is 0 Å². The third-order valence-electron chi connectivity index (χ3n) is 5.31. The molecule has 6 nitrogen and oxygen atoms in total. The molecule has 1 N–H and O–H groups in total. The summed E-state index contributed by atoms with van der Waals surface area (Å²) in [5.74, 6) is 0.634. The Hall–Kier alpha value is -0.950. The summed E-state index contributed by atoms with van der Waals surface area (Å²) in [5.41, 5.74) is 0. The third kappa shape index (κ3) is 6.37. The van der Waals surface area contributed by atoms with Gasteiger partial charge in [0.15, 0.2) is 0 Å². The van der Waals surface area contributed by atoms with Crippen LogP contribution in [0.2, 0.25) is 0 Å². The van der Waals surface area contributed by atoms with Crippen molar-refractivity contribution in [3.63, 3.8) is 0 Å². The molecule has 0 aromatic heterocycles. The van der Waals surface area contributed by atoms with Crippen LogP contribution in [0.15, 0.2) is 0 Å². The van der Waals surface area contributed by atoms with Crippen LogP contribution in [0.4, 0.5) is 0 Å². The predicted octanol–water partition coefficient (Wildman–Crippen LogP) is 1.54. The number of piperazine rings is 1. The van der Waals surface area contributed by atoms with Gasteiger partial charge in [0.2, 0.25) is 11.8 Å². The van der Waals surface area contributed by atoms with E-state index >= 15 is 0 Å². The van der Waals surface area contributed by atoms with Crippen molar-refractivity contribution in [2.24, 2.45) is 11.8 Å². The van der Waals surface area contributed by atoms with Crippen LogP contribution in [0.3, 0.4) is 0 Å². The first-order valence-electron chi connectivity index (χ1n) is 9.52. The Morgan fingerprint density at radius 1 is 1.16 bits per heavy atom. The highest BCUT2D eigenvalue weighted by atomic mass is 32.2. The van der Waals surface area contributed by atoms with E-state index in [-0.39, 0.29) is 23.8 Å². The van der Waals surface area contributed by atoms with E-state index in [4.69, 9.17) is 0 Å². The van der Waals surface area contributed by atoms with Crippen LogP contribution in [0.1, 0.15) is 52.4 Å². The number of carbonyl (C=O) groups excluding carboxylic acids is 2. The van der Waals surface area contributed by atoms with Crippen LogP contribution >= 0.6 is 0 Å². The van der Waals surface area contributed by atoms with Crippen molar-refractivity contribution in [1.29, 1.82) is 0 Å². The molecule has 2 rings (SSSR count). The molecule has 1 saturated heterocycles. The van der Waals surface area contributed by atoms with E-state index < -0.39 is 11.0 Å². The smallest absolute Gasteiger partial charge is 0.233 e. The maximum Gasteiger partial charge on any atom is 0.233 e. The topological polar surface area (TPSA) is 69.7 Å². The maximum absolute atomic E-state index is 12.4. The molecule has 2 unspecified atom stereocenters. The minimum absolute atomic E-state index is 0.0157. The highest BCUT2D eigenvalue weighted by Gasteiger charge is 2.33. The van der Waals surface area contributed by atoms with Crippen molar-refractivity contribution >= 4 is 22.8 Å². The van der Waals surface area contributed by atoms with Gasteiger partial charge in [-0.2, -0.15) is 0 Å². The molecule has 1 saturated carbocycles. The molecule has 2 aliphatic rings. The summed E-state index contributed by atoms with van der Waals surface area (Å²) < 4.78 is 13.7. The van der Waals surface area contributed by atoms with Crippen LogP contribution in [0.5, 0.6) is 0 Å². The molecule has 2 amide bonds. The second-order valence-corrected chi connectivity index (χ2v) is 8.89. The molecule has 0 bridgehead atoms. The quantitative estimate of drug-likeness (QED) is 0.769. The maximum atomic E-state index is 12.4. The van der Waals surface area contributed by atoms with Gasteiger partial charge in [-0.05, 0) is 18.8 Å². The lowest BCUT2D eigenvalue weighted by Gasteiger charge is -2.43. The predicted molar refractivity (Wildman–Crippen MR) is 100 cm³/mol. The second kappa shape index (κ2) is 9.67. The summed E-state index contributed by atoms with van der Waals surface area (Å²) in [6.07, 6.45) is 8.24. The molecule has 1 aliphatic heterocycles.